The number of carbonyl (C=O) groups excluding carboxylic acids is 1. The molecule has 3 heteroatoms. The van der Waals surface area contributed by atoms with Crippen LogP contribution in [-0.4, -0.2) is 11.0 Å². The van der Waals surface area contributed by atoms with Crippen LogP contribution in [0.25, 0.3) is 11.1 Å². The zero-order valence-electron chi connectivity index (χ0n) is 15.3. The van der Waals surface area contributed by atoms with Crippen molar-refractivity contribution in [1.82, 2.24) is 0 Å². The van der Waals surface area contributed by atoms with Crippen LogP contribution in [0.1, 0.15) is 41.3 Å². The van der Waals surface area contributed by atoms with E-state index in [1.165, 1.54) is 11.1 Å². The molecule has 0 heterocycles. The first kappa shape index (κ1) is 17.7. The highest BCUT2D eigenvalue weighted by atomic mass is 16.3. The Labute approximate surface area is 154 Å². The Hall–Kier alpha value is -3.07. The van der Waals surface area contributed by atoms with E-state index in [2.05, 4.69) is 26.1 Å². The van der Waals surface area contributed by atoms with Crippen LogP contribution in [0.5, 0.6) is 5.75 Å². The Morgan fingerprint density at radius 2 is 1.65 bits per heavy atom. The first-order chi connectivity index (χ1) is 12.4. The Bertz CT molecular complexity index is 927. The number of hydrogen-bond acceptors (Lipinski definition) is 2. The number of rotatable bonds is 4. The van der Waals surface area contributed by atoms with Crippen molar-refractivity contribution in [1.29, 1.82) is 0 Å². The number of hydrogen-bond donors (Lipinski definition) is 2. The van der Waals surface area contributed by atoms with Gasteiger partial charge >= 0.3 is 0 Å². The van der Waals surface area contributed by atoms with E-state index in [0.29, 0.717) is 11.5 Å². The Morgan fingerprint density at radius 3 is 2.35 bits per heavy atom. The summed E-state index contributed by atoms with van der Waals surface area (Å²) in [6.45, 7) is 6.38. The van der Waals surface area contributed by atoms with Crippen LogP contribution in [0.15, 0.2) is 66.7 Å². The van der Waals surface area contributed by atoms with Crippen molar-refractivity contribution in [2.75, 3.05) is 5.32 Å². The van der Waals surface area contributed by atoms with E-state index in [1.807, 2.05) is 48.5 Å². The fraction of sp³-hybridized carbons (Fsp3) is 0.174. The molecule has 0 unspecified atom stereocenters. The lowest BCUT2D eigenvalue weighted by Crippen LogP contribution is -2.12. The van der Waals surface area contributed by atoms with E-state index >= 15 is 0 Å². The van der Waals surface area contributed by atoms with Gasteiger partial charge in [0.15, 0.2) is 0 Å². The zero-order valence-corrected chi connectivity index (χ0v) is 15.3. The molecular formula is C23H23NO2. The molecule has 0 atom stereocenters. The van der Waals surface area contributed by atoms with Gasteiger partial charge in [0.2, 0.25) is 0 Å². The third-order valence-electron chi connectivity index (χ3n) is 4.48. The molecule has 0 fully saturated rings. The van der Waals surface area contributed by atoms with E-state index in [0.717, 1.165) is 16.8 Å². The van der Waals surface area contributed by atoms with Crippen molar-refractivity contribution in [2.24, 2.45) is 0 Å². The molecule has 1 amide bonds. The van der Waals surface area contributed by atoms with Crippen molar-refractivity contribution >= 4 is 11.6 Å². The van der Waals surface area contributed by atoms with E-state index in [9.17, 15) is 9.90 Å². The summed E-state index contributed by atoms with van der Waals surface area (Å²) in [4.78, 5) is 12.7. The molecular weight excluding hydrogens is 322 g/mol. The molecule has 26 heavy (non-hydrogen) atoms. The molecule has 0 bridgehead atoms. The normalized spacial score (nSPS) is 10.8. The van der Waals surface area contributed by atoms with Gasteiger partial charge in [0.1, 0.15) is 5.75 Å². The highest BCUT2D eigenvalue weighted by Crippen LogP contribution is 2.25. The second-order valence-corrected chi connectivity index (χ2v) is 6.81. The van der Waals surface area contributed by atoms with Crippen LogP contribution >= 0.6 is 0 Å². The average Bonchev–Trinajstić information content (AvgIpc) is 2.64. The molecule has 0 saturated heterocycles. The molecule has 3 aromatic rings. The lowest BCUT2D eigenvalue weighted by atomic mass is 9.97. The number of aryl methyl sites for hydroxylation is 1. The van der Waals surface area contributed by atoms with Crippen molar-refractivity contribution in [2.45, 2.75) is 26.7 Å². The second kappa shape index (κ2) is 7.44. The predicted octanol–water partition coefficient (Wildman–Crippen LogP) is 5.74. The van der Waals surface area contributed by atoms with Crippen molar-refractivity contribution in [3.63, 3.8) is 0 Å². The highest BCUT2D eigenvalue weighted by Gasteiger charge is 2.10. The van der Waals surface area contributed by atoms with E-state index in [4.69, 9.17) is 0 Å². The summed E-state index contributed by atoms with van der Waals surface area (Å²) in [5.41, 5.74) is 5.76. The van der Waals surface area contributed by atoms with Gasteiger partial charge in [-0.2, -0.15) is 0 Å². The predicted molar refractivity (Wildman–Crippen MR) is 107 cm³/mol. The van der Waals surface area contributed by atoms with E-state index < -0.39 is 0 Å². The molecule has 0 spiro atoms. The van der Waals surface area contributed by atoms with Crippen molar-refractivity contribution in [3.8, 4) is 16.9 Å². The molecule has 3 aromatic carbocycles. The van der Waals surface area contributed by atoms with Crippen LogP contribution in [0, 0.1) is 6.92 Å². The van der Waals surface area contributed by atoms with Gasteiger partial charge in [-0.3, -0.25) is 4.79 Å². The Morgan fingerprint density at radius 1 is 0.923 bits per heavy atom. The maximum Gasteiger partial charge on any atom is 0.255 e. The van der Waals surface area contributed by atoms with Gasteiger partial charge in [-0.15, -0.1) is 0 Å². The molecule has 0 aliphatic carbocycles. The monoisotopic (exact) mass is 345 g/mol. The molecule has 0 radical (unpaired) electrons. The van der Waals surface area contributed by atoms with Crippen LogP contribution in [0.2, 0.25) is 0 Å². The van der Waals surface area contributed by atoms with E-state index in [1.54, 1.807) is 18.2 Å². The van der Waals surface area contributed by atoms with Crippen molar-refractivity contribution in [3.05, 3.63) is 83.4 Å². The lowest BCUT2D eigenvalue weighted by molar-refractivity contribution is 0.102. The Kier molecular flexibility index (Phi) is 5.08. The maximum absolute atomic E-state index is 12.7. The number of phenols is 1. The molecule has 3 rings (SSSR count). The number of nitrogens with one attached hydrogen (secondary N) is 1. The third kappa shape index (κ3) is 3.94. The fourth-order valence-electron chi connectivity index (χ4n) is 3.04. The first-order valence-electron chi connectivity index (χ1n) is 8.75. The third-order valence-corrected chi connectivity index (χ3v) is 4.48. The van der Waals surface area contributed by atoms with E-state index in [-0.39, 0.29) is 11.7 Å². The molecule has 0 aliphatic rings. The van der Waals surface area contributed by atoms with Gasteiger partial charge in [-0.25, -0.2) is 0 Å². The van der Waals surface area contributed by atoms with Gasteiger partial charge in [0, 0.05) is 11.3 Å². The second-order valence-electron chi connectivity index (χ2n) is 6.81. The zero-order chi connectivity index (χ0) is 18.7. The minimum atomic E-state index is -0.135. The summed E-state index contributed by atoms with van der Waals surface area (Å²) in [6, 6.07) is 20.4. The minimum absolute atomic E-state index is 0.135. The molecule has 0 aliphatic heterocycles. The number of phenolic OH excluding ortho intramolecular Hbond substituents is 1. The number of amides is 1. The van der Waals surface area contributed by atoms with Gasteiger partial charge in [0.05, 0.1) is 0 Å². The molecule has 132 valence electrons. The largest absolute Gasteiger partial charge is 0.508 e. The van der Waals surface area contributed by atoms with Crippen LogP contribution in [0.4, 0.5) is 5.69 Å². The molecule has 0 aromatic heterocycles. The smallest absolute Gasteiger partial charge is 0.255 e. The van der Waals surface area contributed by atoms with Gasteiger partial charge in [-0.05, 0) is 71.5 Å². The highest BCUT2D eigenvalue weighted by molar-refractivity contribution is 6.05. The lowest BCUT2D eigenvalue weighted by Gasteiger charge is -2.13. The first-order valence-corrected chi connectivity index (χ1v) is 8.75. The fourth-order valence-corrected chi connectivity index (χ4v) is 3.04. The van der Waals surface area contributed by atoms with Gasteiger partial charge in [0.25, 0.3) is 5.91 Å². The quantitative estimate of drug-likeness (QED) is 0.633. The topological polar surface area (TPSA) is 49.3 Å². The summed E-state index contributed by atoms with van der Waals surface area (Å²) in [5, 5.41) is 12.4. The summed E-state index contributed by atoms with van der Waals surface area (Å²) in [5.74, 6) is 0.497. The summed E-state index contributed by atoms with van der Waals surface area (Å²) < 4.78 is 0. The number of benzene rings is 3. The standard InChI is InChI=1S/C23H23NO2/c1-15(2)22-14-20(10-7-16(22)3)24-23(26)19-6-4-5-18(13-19)17-8-11-21(25)12-9-17/h4-15,25H,1-3H3,(H,24,26). The molecule has 3 nitrogen and oxygen atoms in total. The SMILES string of the molecule is Cc1ccc(NC(=O)c2cccc(-c3ccc(O)cc3)c2)cc1C(C)C. The number of anilines is 1. The molecule has 2 N–H and O–H groups in total. The maximum atomic E-state index is 12.7. The number of aromatic hydroxyl groups is 1. The van der Waals surface area contributed by atoms with Gasteiger partial charge < -0.3 is 10.4 Å². The average molecular weight is 345 g/mol. The minimum Gasteiger partial charge on any atom is -0.508 e. The van der Waals surface area contributed by atoms with Gasteiger partial charge in [-0.1, -0.05) is 44.2 Å². The van der Waals surface area contributed by atoms with Crippen molar-refractivity contribution < 1.29 is 9.90 Å². The molecule has 0 saturated carbocycles. The summed E-state index contributed by atoms with van der Waals surface area (Å²) in [6.07, 6.45) is 0. The van der Waals surface area contributed by atoms with Crippen LogP contribution < -0.4 is 5.32 Å². The summed E-state index contributed by atoms with van der Waals surface area (Å²) in [7, 11) is 0. The Balaban J connectivity index is 1.83. The number of carbonyl (C=O) groups is 1. The van der Waals surface area contributed by atoms with Crippen LogP contribution in [0.3, 0.4) is 0 Å². The summed E-state index contributed by atoms with van der Waals surface area (Å²) >= 11 is 0. The van der Waals surface area contributed by atoms with Crippen LogP contribution in [-0.2, 0) is 0 Å².